The number of carbonyl (C=O) groups excluding carboxylic acids is 2. The van der Waals surface area contributed by atoms with Gasteiger partial charge in [0.2, 0.25) is 0 Å². The molecule has 0 aromatic rings. The fraction of sp³-hybridized carbons (Fsp3) is 0.909. The van der Waals surface area contributed by atoms with Crippen molar-refractivity contribution in [3.05, 3.63) is 0 Å². The van der Waals surface area contributed by atoms with Crippen LogP contribution in [0.25, 0.3) is 0 Å². The van der Waals surface area contributed by atoms with Gasteiger partial charge in [0.25, 0.3) is 0 Å². The molecule has 2 aliphatic carbocycles. The van der Waals surface area contributed by atoms with E-state index in [2.05, 4.69) is 27.7 Å². The Morgan fingerprint density at radius 2 is 1.78 bits per heavy atom. The summed E-state index contributed by atoms with van der Waals surface area (Å²) in [6, 6.07) is 0. The molecule has 5 nitrogen and oxygen atoms in total. The second-order valence-electron chi connectivity index (χ2n) is 10.5. The van der Waals surface area contributed by atoms with E-state index in [0.717, 1.165) is 19.3 Å². The number of hydrogen-bond donors (Lipinski definition) is 0. The summed E-state index contributed by atoms with van der Waals surface area (Å²) in [4.78, 5) is 24.8. The number of carbonyl (C=O) groups is 2. The average molecular weight is 379 g/mol. The minimum atomic E-state index is -0.291. The van der Waals surface area contributed by atoms with E-state index in [0.29, 0.717) is 18.6 Å². The Morgan fingerprint density at radius 3 is 2.44 bits per heavy atom. The van der Waals surface area contributed by atoms with Gasteiger partial charge in [-0.3, -0.25) is 9.59 Å². The Labute approximate surface area is 162 Å². The van der Waals surface area contributed by atoms with Gasteiger partial charge in [0, 0.05) is 31.6 Å². The van der Waals surface area contributed by atoms with Crippen LogP contribution < -0.4 is 0 Å². The number of esters is 1. The van der Waals surface area contributed by atoms with Crippen molar-refractivity contribution in [2.24, 2.45) is 23.2 Å². The van der Waals surface area contributed by atoms with Crippen LogP contribution in [-0.2, 0) is 23.8 Å². The van der Waals surface area contributed by atoms with Gasteiger partial charge in [-0.2, -0.15) is 0 Å². The summed E-state index contributed by atoms with van der Waals surface area (Å²) in [5, 5.41) is 0. The minimum absolute atomic E-state index is 0.00115. The van der Waals surface area contributed by atoms with Gasteiger partial charge in [-0.25, -0.2) is 0 Å². The van der Waals surface area contributed by atoms with Gasteiger partial charge < -0.3 is 14.2 Å². The molecule has 2 saturated heterocycles. The van der Waals surface area contributed by atoms with Crippen LogP contribution >= 0.6 is 0 Å². The van der Waals surface area contributed by atoms with Crippen LogP contribution in [0, 0.1) is 23.2 Å². The van der Waals surface area contributed by atoms with Crippen molar-refractivity contribution in [2.75, 3.05) is 0 Å². The summed E-state index contributed by atoms with van der Waals surface area (Å²) in [6.45, 7) is 12.3. The second-order valence-corrected chi connectivity index (χ2v) is 10.5. The molecule has 2 bridgehead atoms. The molecule has 2 aliphatic heterocycles. The average Bonchev–Trinajstić information content (AvgIpc) is 3.38. The zero-order valence-corrected chi connectivity index (χ0v) is 17.5. The summed E-state index contributed by atoms with van der Waals surface area (Å²) in [5.41, 5.74) is -0.453. The molecule has 4 rings (SSSR count). The fourth-order valence-corrected chi connectivity index (χ4v) is 6.17. The van der Waals surface area contributed by atoms with Crippen molar-refractivity contribution in [2.45, 2.75) is 103 Å². The first-order chi connectivity index (χ1) is 12.5. The third kappa shape index (κ3) is 3.25. The van der Waals surface area contributed by atoms with Gasteiger partial charge in [-0.05, 0) is 44.4 Å². The van der Waals surface area contributed by atoms with Crippen molar-refractivity contribution in [1.82, 2.24) is 0 Å². The van der Waals surface area contributed by atoms with E-state index in [1.807, 2.05) is 6.92 Å². The number of ketones is 1. The highest BCUT2D eigenvalue weighted by Crippen LogP contribution is 2.57. The van der Waals surface area contributed by atoms with Crippen molar-refractivity contribution in [3.63, 3.8) is 0 Å². The zero-order chi connectivity index (χ0) is 19.8. The summed E-state index contributed by atoms with van der Waals surface area (Å²) in [7, 11) is 0. The zero-order valence-electron chi connectivity index (χ0n) is 17.5. The molecule has 2 saturated carbocycles. The van der Waals surface area contributed by atoms with Crippen LogP contribution in [0.2, 0.25) is 0 Å². The molecule has 2 heterocycles. The molecule has 152 valence electrons. The smallest absolute Gasteiger partial charge is 0.302 e. The molecule has 0 aromatic carbocycles. The maximum atomic E-state index is 12.9. The molecule has 0 amide bonds. The van der Waals surface area contributed by atoms with E-state index in [1.54, 1.807) is 0 Å². The van der Waals surface area contributed by atoms with E-state index >= 15 is 0 Å². The lowest BCUT2D eigenvalue weighted by Gasteiger charge is -2.50. The third-order valence-electron chi connectivity index (χ3n) is 8.20. The number of fused-ring (bicyclic) bond motifs is 4. The van der Waals surface area contributed by atoms with Crippen LogP contribution in [0.15, 0.2) is 0 Å². The lowest BCUT2D eigenvalue weighted by Crippen LogP contribution is -2.52. The molecule has 0 N–H and O–H groups in total. The highest BCUT2D eigenvalue weighted by Gasteiger charge is 2.62. The molecule has 0 aromatic heterocycles. The van der Waals surface area contributed by atoms with Gasteiger partial charge in [0.1, 0.15) is 11.9 Å². The van der Waals surface area contributed by atoms with E-state index < -0.39 is 0 Å². The number of epoxide rings is 2. The highest BCUT2D eigenvalue weighted by atomic mass is 16.6. The first-order valence-corrected chi connectivity index (χ1v) is 10.5. The van der Waals surface area contributed by atoms with E-state index in [1.165, 1.54) is 6.92 Å². The van der Waals surface area contributed by atoms with Crippen LogP contribution in [0.5, 0.6) is 0 Å². The molecule has 7 unspecified atom stereocenters. The van der Waals surface area contributed by atoms with Crippen molar-refractivity contribution < 1.29 is 23.8 Å². The Balaban J connectivity index is 1.71. The standard InChI is InChI=1S/C22H34O5/c1-12-15(24)9-14-10-18-21(5,27-18)8-7-17-22(6,26-17)11-16(25-13(2)23)19(12)20(14,3)4/h12,14,16-19H,7-11H2,1-6H3/t12?,14?,16-,17?,18?,19?,21?,22?/m0/s1. The topological polar surface area (TPSA) is 68.4 Å². The predicted octanol–water partition coefficient (Wildman–Crippen LogP) is 3.67. The molecular formula is C22H34O5. The quantitative estimate of drug-likeness (QED) is 0.514. The second kappa shape index (κ2) is 6.03. The van der Waals surface area contributed by atoms with Crippen LogP contribution in [0.3, 0.4) is 0 Å². The van der Waals surface area contributed by atoms with Crippen molar-refractivity contribution in [3.8, 4) is 0 Å². The summed E-state index contributed by atoms with van der Waals surface area (Å²) < 4.78 is 18.0. The van der Waals surface area contributed by atoms with Gasteiger partial charge in [0.15, 0.2) is 0 Å². The largest absolute Gasteiger partial charge is 0.462 e. The highest BCUT2D eigenvalue weighted by molar-refractivity contribution is 5.82. The molecule has 4 aliphatic rings. The first-order valence-electron chi connectivity index (χ1n) is 10.5. The molecule has 8 atom stereocenters. The monoisotopic (exact) mass is 378 g/mol. The molecule has 0 radical (unpaired) electrons. The predicted molar refractivity (Wildman–Crippen MR) is 100 cm³/mol. The SMILES string of the molecule is CC(=O)O[C@H]1CC2(C)OC2CCC2(C)OC2CC2CC(=O)C(C)C1C2(C)C. The first kappa shape index (κ1) is 19.4. The summed E-state index contributed by atoms with van der Waals surface area (Å²) >= 11 is 0. The lowest BCUT2D eigenvalue weighted by molar-refractivity contribution is -0.165. The third-order valence-corrected chi connectivity index (χ3v) is 8.20. The maximum Gasteiger partial charge on any atom is 0.302 e. The summed E-state index contributed by atoms with van der Waals surface area (Å²) in [5.74, 6) is 0.150. The Morgan fingerprint density at radius 1 is 1.11 bits per heavy atom. The molecule has 4 fully saturated rings. The van der Waals surface area contributed by atoms with E-state index in [4.69, 9.17) is 14.2 Å². The van der Waals surface area contributed by atoms with Gasteiger partial charge in [0.05, 0.1) is 23.4 Å². The number of hydrogen-bond acceptors (Lipinski definition) is 5. The van der Waals surface area contributed by atoms with E-state index in [-0.39, 0.29) is 58.7 Å². The molecule has 0 spiro atoms. The summed E-state index contributed by atoms with van der Waals surface area (Å²) in [6.07, 6.45) is 4.25. The molecule has 5 heteroatoms. The normalized spacial score (nSPS) is 51.1. The van der Waals surface area contributed by atoms with Gasteiger partial charge in [-0.15, -0.1) is 0 Å². The van der Waals surface area contributed by atoms with E-state index in [9.17, 15) is 9.59 Å². The van der Waals surface area contributed by atoms with Crippen LogP contribution in [0.1, 0.15) is 73.6 Å². The minimum Gasteiger partial charge on any atom is -0.462 e. The van der Waals surface area contributed by atoms with Crippen LogP contribution in [-0.4, -0.2) is 41.3 Å². The maximum absolute atomic E-state index is 12.9. The Hall–Kier alpha value is -0.940. The molecule has 27 heavy (non-hydrogen) atoms. The van der Waals surface area contributed by atoms with Crippen molar-refractivity contribution >= 4 is 11.8 Å². The van der Waals surface area contributed by atoms with Gasteiger partial charge in [-0.1, -0.05) is 20.8 Å². The lowest BCUT2D eigenvalue weighted by atomic mass is 9.54. The fourth-order valence-electron chi connectivity index (χ4n) is 6.17. The number of ether oxygens (including phenoxy) is 3. The van der Waals surface area contributed by atoms with Crippen LogP contribution in [0.4, 0.5) is 0 Å². The molecular weight excluding hydrogens is 344 g/mol. The van der Waals surface area contributed by atoms with Crippen molar-refractivity contribution in [1.29, 1.82) is 0 Å². The Bertz CT molecular complexity index is 657. The number of rotatable bonds is 1. The van der Waals surface area contributed by atoms with Gasteiger partial charge >= 0.3 is 5.97 Å². The Kier molecular flexibility index (Phi) is 4.33. The number of Topliss-reactive ketones (excluding diaryl/α,β-unsaturated/α-hetero) is 1.